The zero-order valence-corrected chi connectivity index (χ0v) is 23.7. The van der Waals surface area contributed by atoms with Crippen molar-refractivity contribution in [3.05, 3.63) is 63.7 Å². The van der Waals surface area contributed by atoms with Crippen LogP contribution in [0.3, 0.4) is 0 Å². The standard InChI is InChI=1S/C26H25F3O10S2/c1-14-4-9-18(10-5-14)40(32,33)38-24-21(17-8-6-16(12-17)7-11-20(30)36-3)23(39-41(34,35)26(27,28)29)15(2)19-13-37-25(31)22(19)24/h4-5,9-10,12,17H,6-8,11,13H2,1-3H3. The van der Waals surface area contributed by atoms with Gasteiger partial charge < -0.3 is 17.8 Å². The molecule has 0 N–H and O–H groups in total. The molecule has 0 radical (unpaired) electrons. The van der Waals surface area contributed by atoms with E-state index < -0.39 is 61.7 Å². The number of hydrogen-bond donors (Lipinski definition) is 0. The van der Waals surface area contributed by atoms with Gasteiger partial charge in [-0.2, -0.15) is 30.0 Å². The number of benzene rings is 2. The summed E-state index contributed by atoms with van der Waals surface area (Å²) in [5.41, 5.74) is -5.38. The SMILES string of the molecule is COC(=O)CCC1=CC(c2c(OS(=O)(=O)C(F)(F)F)c(C)c3c(c2OS(=O)(=O)c2ccc(C)cc2)C(=O)OC3)CC1. The predicted molar refractivity (Wildman–Crippen MR) is 136 cm³/mol. The number of esters is 2. The Bertz CT molecular complexity index is 1640. The number of carbonyl (C=O) groups excluding carboxylic acids is 2. The van der Waals surface area contributed by atoms with Gasteiger partial charge in [-0.15, -0.1) is 0 Å². The maximum atomic E-state index is 13.4. The van der Waals surface area contributed by atoms with E-state index in [4.69, 9.17) is 8.92 Å². The molecule has 1 aliphatic carbocycles. The van der Waals surface area contributed by atoms with Crippen LogP contribution < -0.4 is 8.37 Å². The van der Waals surface area contributed by atoms with E-state index in [1.54, 1.807) is 13.0 Å². The fourth-order valence-corrected chi connectivity index (χ4v) is 6.14. The summed E-state index contributed by atoms with van der Waals surface area (Å²) in [7, 11) is -9.70. The number of cyclic esters (lactones) is 1. The zero-order valence-electron chi connectivity index (χ0n) is 22.0. The van der Waals surface area contributed by atoms with Crippen LogP contribution in [0.1, 0.15) is 64.2 Å². The van der Waals surface area contributed by atoms with Crippen LogP contribution in [0.25, 0.3) is 0 Å². The van der Waals surface area contributed by atoms with Crippen LogP contribution in [-0.2, 0) is 41.1 Å². The summed E-state index contributed by atoms with van der Waals surface area (Å²) in [6.07, 6.45) is 2.28. The van der Waals surface area contributed by atoms with E-state index >= 15 is 0 Å². The molecule has 10 nitrogen and oxygen atoms in total. The highest BCUT2D eigenvalue weighted by Crippen LogP contribution is 2.51. The predicted octanol–water partition coefficient (Wildman–Crippen LogP) is 4.73. The largest absolute Gasteiger partial charge is 0.534 e. The van der Waals surface area contributed by atoms with Crippen LogP contribution in [0.4, 0.5) is 13.2 Å². The molecule has 1 atom stereocenters. The van der Waals surface area contributed by atoms with Gasteiger partial charge in [0.1, 0.15) is 17.1 Å². The van der Waals surface area contributed by atoms with Crippen molar-refractivity contribution in [3.8, 4) is 11.5 Å². The third kappa shape index (κ3) is 6.05. The van der Waals surface area contributed by atoms with Gasteiger partial charge >= 0.3 is 37.7 Å². The van der Waals surface area contributed by atoms with Crippen molar-refractivity contribution in [3.63, 3.8) is 0 Å². The third-order valence-electron chi connectivity index (χ3n) is 6.80. The third-order valence-corrected chi connectivity index (χ3v) is 8.99. The first-order chi connectivity index (χ1) is 19.1. The van der Waals surface area contributed by atoms with Gasteiger partial charge in [0, 0.05) is 29.0 Å². The van der Waals surface area contributed by atoms with Gasteiger partial charge in [0.05, 0.1) is 7.11 Å². The molecular formula is C26H25F3O10S2. The minimum atomic E-state index is -6.22. The lowest BCUT2D eigenvalue weighted by molar-refractivity contribution is -0.140. The maximum absolute atomic E-state index is 13.4. The van der Waals surface area contributed by atoms with Crippen LogP contribution in [-0.4, -0.2) is 41.4 Å². The fraction of sp³-hybridized carbons (Fsp3) is 0.385. The molecule has 0 bridgehead atoms. The lowest BCUT2D eigenvalue weighted by Crippen LogP contribution is -2.29. The number of alkyl halides is 3. The molecule has 0 fully saturated rings. The minimum Gasteiger partial charge on any atom is -0.469 e. The molecule has 1 heterocycles. The summed E-state index contributed by atoms with van der Waals surface area (Å²) in [5.74, 6) is -3.95. The highest BCUT2D eigenvalue weighted by molar-refractivity contribution is 7.88. The summed E-state index contributed by atoms with van der Waals surface area (Å²) in [4.78, 5) is 24.1. The van der Waals surface area contributed by atoms with Crippen molar-refractivity contribution >= 4 is 32.2 Å². The fourth-order valence-electron chi connectivity index (χ4n) is 4.65. The molecule has 2 aromatic rings. The number of allylic oxidation sites excluding steroid dienone is 2. The molecule has 4 rings (SSSR count). The lowest BCUT2D eigenvalue weighted by atomic mass is 9.89. The van der Waals surface area contributed by atoms with Crippen molar-refractivity contribution in [2.75, 3.05) is 7.11 Å². The van der Waals surface area contributed by atoms with Gasteiger partial charge in [0.25, 0.3) is 0 Å². The van der Waals surface area contributed by atoms with Crippen molar-refractivity contribution in [1.29, 1.82) is 0 Å². The van der Waals surface area contributed by atoms with Gasteiger partial charge in [-0.3, -0.25) is 4.79 Å². The van der Waals surface area contributed by atoms with Crippen molar-refractivity contribution < 1.29 is 57.4 Å². The van der Waals surface area contributed by atoms with E-state index in [1.807, 2.05) is 0 Å². The van der Waals surface area contributed by atoms with Crippen molar-refractivity contribution in [1.82, 2.24) is 0 Å². The Labute approximate surface area is 234 Å². The van der Waals surface area contributed by atoms with E-state index in [0.29, 0.717) is 12.0 Å². The second kappa shape index (κ2) is 11.0. The number of ether oxygens (including phenoxy) is 2. The first-order valence-electron chi connectivity index (χ1n) is 12.2. The second-order valence-corrected chi connectivity index (χ2v) is 12.6. The Kier molecular flexibility index (Phi) is 8.15. The number of halogens is 3. The maximum Gasteiger partial charge on any atom is 0.534 e. The molecule has 41 heavy (non-hydrogen) atoms. The Morgan fingerprint density at radius 2 is 1.71 bits per heavy atom. The molecule has 2 aliphatic rings. The monoisotopic (exact) mass is 618 g/mol. The number of carbonyl (C=O) groups is 2. The summed E-state index contributed by atoms with van der Waals surface area (Å²) < 4.78 is 111. The van der Waals surface area contributed by atoms with E-state index in [-0.39, 0.29) is 46.4 Å². The number of hydrogen-bond acceptors (Lipinski definition) is 10. The topological polar surface area (TPSA) is 139 Å². The number of aryl methyl sites for hydroxylation is 1. The quantitative estimate of drug-likeness (QED) is 0.168. The average Bonchev–Trinajstić information content (AvgIpc) is 3.51. The molecular weight excluding hydrogens is 593 g/mol. The van der Waals surface area contributed by atoms with Crippen LogP contribution in [0.2, 0.25) is 0 Å². The van der Waals surface area contributed by atoms with E-state index in [9.17, 15) is 39.6 Å². The minimum absolute atomic E-state index is 0.00155. The van der Waals surface area contributed by atoms with E-state index in [1.165, 1.54) is 38.3 Å². The highest BCUT2D eigenvalue weighted by atomic mass is 32.2. The van der Waals surface area contributed by atoms with Crippen LogP contribution in [0.15, 0.2) is 40.8 Å². The molecule has 222 valence electrons. The first-order valence-corrected chi connectivity index (χ1v) is 15.0. The zero-order chi connectivity index (χ0) is 30.3. The normalized spacial score (nSPS) is 17.1. The molecule has 0 saturated heterocycles. The molecule has 15 heteroatoms. The molecule has 0 amide bonds. The molecule has 1 unspecified atom stereocenters. The Morgan fingerprint density at radius 3 is 2.32 bits per heavy atom. The van der Waals surface area contributed by atoms with Crippen LogP contribution in [0, 0.1) is 13.8 Å². The van der Waals surface area contributed by atoms with Gasteiger partial charge in [-0.05, 0) is 45.2 Å². The van der Waals surface area contributed by atoms with Gasteiger partial charge in [0.15, 0.2) is 11.5 Å². The molecule has 0 spiro atoms. The summed E-state index contributed by atoms with van der Waals surface area (Å²) in [6, 6.07) is 5.46. The van der Waals surface area contributed by atoms with Gasteiger partial charge in [0.2, 0.25) is 0 Å². The van der Waals surface area contributed by atoms with E-state index in [0.717, 1.165) is 5.56 Å². The van der Waals surface area contributed by atoms with Crippen LogP contribution >= 0.6 is 0 Å². The van der Waals surface area contributed by atoms with Gasteiger partial charge in [-0.25, -0.2) is 4.79 Å². The highest BCUT2D eigenvalue weighted by Gasteiger charge is 2.50. The summed E-state index contributed by atoms with van der Waals surface area (Å²) >= 11 is 0. The Balaban J connectivity index is 1.95. The van der Waals surface area contributed by atoms with Gasteiger partial charge in [-0.1, -0.05) is 29.3 Å². The lowest BCUT2D eigenvalue weighted by Gasteiger charge is -2.23. The molecule has 1 aliphatic heterocycles. The molecule has 2 aromatic carbocycles. The van der Waals surface area contributed by atoms with Crippen LogP contribution in [0.5, 0.6) is 11.5 Å². The van der Waals surface area contributed by atoms with E-state index in [2.05, 4.69) is 8.92 Å². The number of methoxy groups -OCH3 is 1. The number of fused-ring (bicyclic) bond motifs is 1. The molecule has 0 saturated carbocycles. The Morgan fingerprint density at radius 1 is 1.05 bits per heavy atom. The average molecular weight is 619 g/mol. The summed E-state index contributed by atoms with van der Waals surface area (Å²) in [5, 5.41) is 0. The first kappa shape index (κ1) is 30.4. The number of rotatable bonds is 9. The molecule has 0 aromatic heterocycles. The smallest absolute Gasteiger partial charge is 0.469 e. The Hall–Kier alpha value is -3.59. The second-order valence-electron chi connectivity index (χ2n) is 9.51. The van der Waals surface area contributed by atoms with Crippen molar-refractivity contribution in [2.45, 2.75) is 62.5 Å². The van der Waals surface area contributed by atoms with Crippen molar-refractivity contribution in [2.24, 2.45) is 0 Å². The summed E-state index contributed by atoms with van der Waals surface area (Å²) in [6.45, 7) is 2.47.